The molecule has 35 heavy (non-hydrogen) atoms. The second-order valence-corrected chi connectivity index (χ2v) is 9.33. The summed E-state index contributed by atoms with van der Waals surface area (Å²) in [5.74, 6) is 0.0582. The van der Waals surface area contributed by atoms with Crippen molar-refractivity contribution in [1.82, 2.24) is 25.1 Å². The molecule has 0 saturated carbocycles. The lowest BCUT2D eigenvalue weighted by atomic mass is 10.0. The topological polar surface area (TPSA) is 89.8 Å². The smallest absolute Gasteiger partial charge is 0.253 e. The van der Waals surface area contributed by atoms with Crippen molar-refractivity contribution in [2.75, 3.05) is 0 Å². The van der Waals surface area contributed by atoms with Gasteiger partial charge in [0.05, 0.1) is 28.2 Å². The molecule has 2 aromatic carbocycles. The van der Waals surface area contributed by atoms with Gasteiger partial charge in [-0.1, -0.05) is 48.9 Å². The van der Waals surface area contributed by atoms with Crippen LogP contribution in [0.25, 0.3) is 15.9 Å². The monoisotopic (exact) mass is 501 g/mol. The van der Waals surface area contributed by atoms with Gasteiger partial charge >= 0.3 is 0 Å². The zero-order chi connectivity index (χ0) is 24.4. The van der Waals surface area contributed by atoms with Crippen LogP contribution in [0.15, 0.2) is 73.2 Å². The molecule has 0 aliphatic heterocycles. The lowest BCUT2D eigenvalue weighted by Crippen LogP contribution is -2.24. The van der Waals surface area contributed by atoms with Gasteiger partial charge in [-0.3, -0.25) is 19.1 Å². The Morgan fingerprint density at radius 3 is 2.69 bits per heavy atom. The van der Waals surface area contributed by atoms with E-state index >= 15 is 0 Å². The summed E-state index contributed by atoms with van der Waals surface area (Å²) in [7, 11) is 0. The highest BCUT2D eigenvalue weighted by Gasteiger charge is 2.22. The van der Waals surface area contributed by atoms with E-state index in [-0.39, 0.29) is 18.2 Å². The van der Waals surface area contributed by atoms with Gasteiger partial charge in [0.2, 0.25) is 0 Å². The fraction of sp³-hybridized carbons (Fsp3) is 0.115. The number of carbonyl (C=O) groups is 2. The first-order valence-corrected chi connectivity index (χ1v) is 12.2. The largest absolute Gasteiger partial charge is 0.345 e. The van der Waals surface area contributed by atoms with Crippen LogP contribution >= 0.6 is 22.9 Å². The van der Waals surface area contributed by atoms with Crippen LogP contribution in [0.2, 0.25) is 5.02 Å². The van der Waals surface area contributed by atoms with Crippen molar-refractivity contribution in [2.45, 2.75) is 19.9 Å². The molecular formula is C26H20ClN5O2S. The van der Waals surface area contributed by atoms with Crippen molar-refractivity contribution in [2.24, 2.45) is 0 Å². The van der Waals surface area contributed by atoms with Crippen LogP contribution in [-0.4, -0.2) is 31.4 Å². The lowest BCUT2D eigenvalue weighted by molar-refractivity contribution is 0.0948. The number of aryl methyl sites for hydroxylation is 1. The Kier molecular flexibility index (Phi) is 6.39. The van der Waals surface area contributed by atoms with E-state index in [1.807, 2.05) is 37.3 Å². The van der Waals surface area contributed by atoms with E-state index in [4.69, 9.17) is 11.6 Å². The first-order chi connectivity index (χ1) is 17.0. The summed E-state index contributed by atoms with van der Waals surface area (Å²) in [6, 6.07) is 18.3. The molecule has 0 unspecified atom stereocenters. The molecule has 0 fully saturated rings. The third kappa shape index (κ3) is 4.58. The van der Waals surface area contributed by atoms with Crippen molar-refractivity contribution < 1.29 is 9.59 Å². The number of nitrogens with zero attached hydrogens (tertiary/aromatic N) is 4. The molecule has 0 aliphatic carbocycles. The zero-order valence-electron chi connectivity index (χ0n) is 18.7. The molecule has 0 atom stereocenters. The van der Waals surface area contributed by atoms with Crippen LogP contribution in [-0.2, 0) is 13.0 Å². The molecule has 1 N–H and O–H groups in total. The van der Waals surface area contributed by atoms with E-state index < -0.39 is 0 Å². The predicted molar refractivity (Wildman–Crippen MR) is 136 cm³/mol. The number of fused-ring (bicyclic) bond motifs is 1. The summed E-state index contributed by atoms with van der Waals surface area (Å²) in [4.78, 5) is 31.6. The summed E-state index contributed by atoms with van der Waals surface area (Å²) in [5.41, 5.74) is 2.23. The number of hydrogen-bond donors (Lipinski definition) is 1. The van der Waals surface area contributed by atoms with Gasteiger partial charge in [0.1, 0.15) is 11.3 Å². The third-order valence-electron chi connectivity index (χ3n) is 5.57. The third-order valence-corrected chi connectivity index (χ3v) is 7.18. The predicted octanol–water partition coefficient (Wildman–Crippen LogP) is 5.25. The van der Waals surface area contributed by atoms with Gasteiger partial charge in [-0.05, 0) is 36.8 Å². The van der Waals surface area contributed by atoms with Crippen molar-refractivity contribution in [3.05, 3.63) is 106 Å². The van der Waals surface area contributed by atoms with Crippen molar-refractivity contribution >= 4 is 45.5 Å². The maximum absolute atomic E-state index is 13.4. The number of nitrogens with one attached hydrogen (secondary N) is 1. The van der Waals surface area contributed by atoms with Crippen LogP contribution in [0, 0.1) is 0 Å². The molecule has 3 aromatic heterocycles. The first kappa shape index (κ1) is 22.9. The summed E-state index contributed by atoms with van der Waals surface area (Å²) in [5, 5.41) is 13.1. The van der Waals surface area contributed by atoms with Crippen molar-refractivity contribution in [3.8, 4) is 5.00 Å². The number of carbonyl (C=O) groups excluding carboxylic acids is 2. The number of rotatable bonds is 7. The van der Waals surface area contributed by atoms with Gasteiger partial charge in [0.25, 0.3) is 5.91 Å². The molecule has 7 nitrogen and oxygen atoms in total. The highest BCUT2D eigenvalue weighted by Crippen LogP contribution is 2.31. The molecular weight excluding hydrogens is 482 g/mol. The number of ketones is 1. The minimum absolute atomic E-state index is 0.130. The Bertz CT molecular complexity index is 1560. The average molecular weight is 502 g/mol. The first-order valence-electron chi connectivity index (χ1n) is 11.0. The second-order valence-electron chi connectivity index (χ2n) is 7.81. The molecule has 5 rings (SSSR count). The van der Waals surface area contributed by atoms with Gasteiger partial charge in [-0.25, -0.2) is 0 Å². The SMILES string of the molecule is CCc1cc(C(=O)c2ccccc2Cl)c(-n2cnnc2CNC(=O)c2cnc3ccccc3c2)s1. The van der Waals surface area contributed by atoms with Crippen LogP contribution < -0.4 is 5.32 Å². The minimum Gasteiger partial charge on any atom is -0.345 e. The molecule has 0 bridgehead atoms. The number of thiophene rings is 1. The van der Waals surface area contributed by atoms with Crippen LogP contribution in [0.3, 0.4) is 0 Å². The highest BCUT2D eigenvalue weighted by molar-refractivity contribution is 7.15. The molecule has 1 amide bonds. The van der Waals surface area contributed by atoms with Crippen LogP contribution in [0.4, 0.5) is 0 Å². The molecule has 3 heterocycles. The molecule has 0 aliphatic rings. The maximum atomic E-state index is 13.4. The Hall–Kier alpha value is -3.88. The van der Waals surface area contributed by atoms with Crippen molar-refractivity contribution in [3.63, 3.8) is 0 Å². The summed E-state index contributed by atoms with van der Waals surface area (Å²) in [6.45, 7) is 2.16. The number of amides is 1. The normalized spacial score (nSPS) is 11.0. The van der Waals surface area contributed by atoms with Gasteiger partial charge in [0.15, 0.2) is 11.6 Å². The molecule has 0 saturated heterocycles. The quantitative estimate of drug-likeness (QED) is 0.307. The summed E-state index contributed by atoms with van der Waals surface area (Å²) in [6.07, 6.45) is 3.87. The van der Waals surface area contributed by atoms with E-state index in [0.717, 1.165) is 22.2 Å². The molecule has 5 aromatic rings. The Labute approximate surface area is 210 Å². The van der Waals surface area contributed by atoms with Crippen LogP contribution in [0.1, 0.15) is 43.9 Å². The second kappa shape index (κ2) is 9.77. The molecule has 0 radical (unpaired) electrons. The van der Waals surface area contributed by atoms with Gasteiger partial charge in [0, 0.05) is 22.0 Å². The number of aromatic nitrogens is 4. The van der Waals surface area contributed by atoms with E-state index in [2.05, 4.69) is 20.5 Å². The number of pyridine rings is 1. The standard InChI is InChI=1S/C26H20ClN5O2S/c1-2-18-12-20(24(33)19-8-4-5-9-21(19)27)26(35-18)32-15-30-31-23(32)14-29-25(34)17-11-16-7-3-6-10-22(16)28-13-17/h3-13,15H,2,14H2,1H3,(H,29,34). The van der Waals surface area contributed by atoms with E-state index in [0.29, 0.717) is 32.5 Å². The fourth-order valence-electron chi connectivity index (χ4n) is 3.74. The molecule has 174 valence electrons. The number of halogens is 1. The Morgan fingerprint density at radius 1 is 1.06 bits per heavy atom. The van der Waals surface area contributed by atoms with E-state index in [1.165, 1.54) is 11.3 Å². The Morgan fingerprint density at radius 2 is 1.86 bits per heavy atom. The minimum atomic E-state index is -0.273. The Balaban J connectivity index is 1.42. The fourth-order valence-corrected chi connectivity index (χ4v) is 5.05. The number of hydrogen-bond acceptors (Lipinski definition) is 6. The van der Waals surface area contributed by atoms with Gasteiger partial charge < -0.3 is 5.32 Å². The van der Waals surface area contributed by atoms with Crippen molar-refractivity contribution in [1.29, 1.82) is 0 Å². The van der Waals surface area contributed by atoms with E-state index in [1.54, 1.807) is 47.4 Å². The molecule has 9 heteroatoms. The lowest BCUT2D eigenvalue weighted by Gasteiger charge is -2.09. The van der Waals surface area contributed by atoms with E-state index in [9.17, 15) is 9.59 Å². The van der Waals surface area contributed by atoms with Gasteiger partial charge in [-0.15, -0.1) is 21.5 Å². The average Bonchev–Trinajstić information content (AvgIpc) is 3.53. The van der Waals surface area contributed by atoms with Gasteiger partial charge in [-0.2, -0.15) is 0 Å². The number of benzene rings is 2. The number of para-hydroxylation sites is 1. The maximum Gasteiger partial charge on any atom is 0.253 e. The molecule has 0 spiro atoms. The summed E-state index contributed by atoms with van der Waals surface area (Å²) < 4.78 is 1.74. The zero-order valence-corrected chi connectivity index (χ0v) is 20.3. The summed E-state index contributed by atoms with van der Waals surface area (Å²) >= 11 is 7.78. The highest BCUT2D eigenvalue weighted by atomic mass is 35.5. The van der Waals surface area contributed by atoms with Crippen LogP contribution in [0.5, 0.6) is 0 Å².